The summed E-state index contributed by atoms with van der Waals surface area (Å²) in [4.78, 5) is 10.6. The van der Waals surface area contributed by atoms with Gasteiger partial charge in [-0.25, -0.2) is 0 Å². The first-order valence-corrected chi connectivity index (χ1v) is 5.68. The van der Waals surface area contributed by atoms with E-state index in [4.69, 9.17) is 10.8 Å². The van der Waals surface area contributed by atoms with Crippen LogP contribution in [0.25, 0.3) is 0 Å². The molecule has 4 heteroatoms. The molecule has 1 atom stereocenters. The Morgan fingerprint density at radius 3 is 2.42 bits per heavy atom. The summed E-state index contributed by atoms with van der Waals surface area (Å²) in [6, 6.07) is 0. The van der Waals surface area contributed by atoms with Crippen LogP contribution in [0.1, 0.15) is 25.7 Å². The molecule has 0 aromatic heterocycles. The molecule has 1 aliphatic carbocycles. The van der Waals surface area contributed by atoms with Crippen molar-refractivity contribution >= 4 is 14.6 Å². The largest absolute Gasteiger partial charge is 0.481 e. The Labute approximate surface area is 74.5 Å². The van der Waals surface area contributed by atoms with Crippen molar-refractivity contribution in [2.24, 2.45) is 11.7 Å². The lowest BCUT2D eigenvalue weighted by molar-refractivity contribution is -0.142. The van der Waals surface area contributed by atoms with Crippen LogP contribution < -0.4 is 5.73 Å². The van der Waals surface area contributed by atoms with Gasteiger partial charge in [-0.2, -0.15) is 0 Å². The van der Waals surface area contributed by atoms with Gasteiger partial charge in [-0.1, -0.05) is 0 Å². The highest BCUT2D eigenvalue weighted by Crippen LogP contribution is 2.34. The fraction of sp³-hybridized carbons (Fsp3) is 0.875. The average Bonchev–Trinajstić information content (AvgIpc) is 2.06. The molecule has 3 nitrogen and oxygen atoms in total. The van der Waals surface area contributed by atoms with Gasteiger partial charge in [0.05, 0.1) is 5.92 Å². The maximum Gasteiger partial charge on any atom is 0.306 e. The van der Waals surface area contributed by atoms with E-state index < -0.39 is 5.97 Å². The van der Waals surface area contributed by atoms with Gasteiger partial charge >= 0.3 is 5.97 Å². The molecule has 0 saturated heterocycles. The van der Waals surface area contributed by atoms with E-state index in [9.17, 15) is 4.79 Å². The quantitative estimate of drug-likeness (QED) is 0.656. The van der Waals surface area contributed by atoms with Crippen LogP contribution in [0.4, 0.5) is 0 Å². The molecular weight excluding hydrogens is 173 g/mol. The van der Waals surface area contributed by atoms with E-state index in [1.165, 1.54) is 0 Å². The molecule has 70 valence electrons. The Balaban J connectivity index is 2.25. The topological polar surface area (TPSA) is 63.3 Å². The molecule has 0 radical (unpaired) electrons. The minimum absolute atomic E-state index is 0.0798. The molecule has 0 spiro atoms. The van der Waals surface area contributed by atoms with E-state index in [1.807, 2.05) is 0 Å². The second-order valence-electron chi connectivity index (χ2n) is 3.30. The summed E-state index contributed by atoms with van der Waals surface area (Å²) < 4.78 is 0. The molecule has 0 heterocycles. The molecule has 3 N–H and O–H groups in total. The summed E-state index contributed by atoms with van der Waals surface area (Å²) in [5.41, 5.74) is 6.16. The van der Waals surface area contributed by atoms with Gasteiger partial charge in [0.15, 0.2) is 0 Å². The SMILES string of the molecule is NCPC1CCC(C(=O)O)CC1. The molecule has 1 unspecified atom stereocenters. The van der Waals surface area contributed by atoms with Crippen molar-refractivity contribution in [2.45, 2.75) is 31.3 Å². The minimum Gasteiger partial charge on any atom is -0.481 e. The first kappa shape index (κ1) is 9.94. The zero-order chi connectivity index (χ0) is 8.97. The second kappa shape index (κ2) is 4.78. The van der Waals surface area contributed by atoms with Crippen molar-refractivity contribution < 1.29 is 9.90 Å². The number of hydrogen-bond acceptors (Lipinski definition) is 2. The number of nitrogens with two attached hydrogens (primary N) is 1. The lowest BCUT2D eigenvalue weighted by atomic mass is 9.89. The van der Waals surface area contributed by atoms with Crippen molar-refractivity contribution in [2.75, 3.05) is 6.29 Å². The Morgan fingerprint density at radius 1 is 1.42 bits per heavy atom. The lowest BCUT2D eigenvalue weighted by Gasteiger charge is -2.25. The highest BCUT2D eigenvalue weighted by Gasteiger charge is 2.25. The third-order valence-electron chi connectivity index (χ3n) is 2.48. The van der Waals surface area contributed by atoms with Crippen LogP contribution in [0.3, 0.4) is 0 Å². The average molecular weight is 189 g/mol. The smallest absolute Gasteiger partial charge is 0.306 e. The van der Waals surface area contributed by atoms with Crippen molar-refractivity contribution in [3.63, 3.8) is 0 Å². The number of carbonyl (C=O) groups is 1. The Hall–Kier alpha value is -0.140. The maximum atomic E-state index is 10.6. The van der Waals surface area contributed by atoms with Crippen LogP contribution >= 0.6 is 8.58 Å². The number of carboxylic acid groups (broad SMARTS) is 1. The summed E-state index contributed by atoms with van der Waals surface area (Å²) in [7, 11) is 0.832. The summed E-state index contributed by atoms with van der Waals surface area (Å²) in [6.45, 7) is 0. The predicted octanol–water partition coefficient (Wildman–Crippen LogP) is 1.22. The molecule has 0 aliphatic heterocycles. The van der Waals surface area contributed by atoms with Crippen LogP contribution in [-0.2, 0) is 4.79 Å². The molecule has 1 rings (SSSR count). The molecular formula is C8H16NO2P. The van der Waals surface area contributed by atoms with Gasteiger partial charge in [-0.15, -0.1) is 8.58 Å². The normalized spacial score (nSPS) is 31.1. The molecule has 12 heavy (non-hydrogen) atoms. The van der Waals surface area contributed by atoms with Gasteiger partial charge in [-0.3, -0.25) is 4.79 Å². The molecule has 1 saturated carbocycles. The third-order valence-corrected chi connectivity index (χ3v) is 3.87. The summed E-state index contributed by atoms with van der Waals surface area (Å²) in [5, 5.41) is 8.73. The summed E-state index contributed by atoms with van der Waals surface area (Å²) in [6.07, 6.45) is 4.60. The summed E-state index contributed by atoms with van der Waals surface area (Å²) in [5.74, 6) is -0.701. The van der Waals surface area contributed by atoms with E-state index >= 15 is 0 Å². The molecule has 1 aliphatic rings. The highest BCUT2D eigenvalue weighted by molar-refractivity contribution is 7.38. The zero-order valence-corrected chi connectivity index (χ0v) is 8.12. The number of hydrogen-bond donors (Lipinski definition) is 2. The first-order valence-electron chi connectivity index (χ1n) is 4.40. The van der Waals surface area contributed by atoms with Gasteiger partial charge in [-0.05, 0) is 31.3 Å². The van der Waals surface area contributed by atoms with E-state index in [2.05, 4.69) is 0 Å². The van der Waals surface area contributed by atoms with Crippen molar-refractivity contribution in [1.29, 1.82) is 0 Å². The van der Waals surface area contributed by atoms with E-state index in [0.29, 0.717) is 5.66 Å². The Kier molecular flexibility index (Phi) is 3.96. The fourth-order valence-electron chi connectivity index (χ4n) is 1.71. The van der Waals surface area contributed by atoms with Crippen LogP contribution in [-0.4, -0.2) is 23.0 Å². The Morgan fingerprint density at radius 2 is 2.00 bits per heavy atom. The van der Waals surface area contributed by atoms with Gasteiger partial charge in [0.1, 0.15) is 0 Å². The highest BCUT2D eigenvalue weighted by atomic mass is 31.1. The van der Waals surface area contributed by atoms with Gasteiger partial charge in [0.2, 0.25) is 0 Å². The molecule has 1 fully saturated rings. The van der Waals surface area contributed by atoms with Crippen LogP contribution in [0.2, 0.25) is 0 Å². The van der Waals surface area contributed by atoms with Gasteiger partial charge in [0, 0.05) is 6.29 Å². The van der Waals surface area contributed by atoms with Crippen molar-refractivity contribution in [3.8, 4) is 0 Å². The summed E-state index contributed by atoms with van der Waals surface area (Å²) >= 11 is 0. The number of rotatable bonds is 3. The zero-order valence-electron chi connectivity index (χ0n) is 7.12. The van der Waals surface area contributed by atoms with E-state index in [1.54, 1.807) is 0 Å². The van der Waals surface area contributed by atoms with Gasteiger partial charge in [0.25, 0.3) is 0 Å². The molecule has 0 amide bonds. The molecule has 0 aromatic carbocycles. The molecule has 0 bridgehead atoms. The lowest BCUT2D eigenvalue weighted by Crippen LogP contribution is -2.22. The third kappa shape index (κ3) is 2.72. The number of aliphatic carboxylic acids is 1. The Bertz CT molecular complexity index is 155. The van der Waals surface area contributed by atoms with Crippen LogP contribution in [0.15, 0.2) is 0 Å². The van der Waals surface area contributed by atoms with E-state index in [-0.39, 0.29) is 5.92 Å². The van der Waals surface area contributed by atoms with Crippen molar-refractivity contribution in [3.05, 3.63) is 0 Å². The maximum absolute atomic E-state index is 10.6. The fourth-order valence-corrected chi connectivity index (χ4v) is 2.79. The van der Waals surface area contributed by atoms with E-state index in [0.717, 1.165) is 40.5 Å². The first-order chi connectivity index (χ1) is 5.74. The molecule has 0 aromatic rings. The number of carboxylic acids is 1. The van der Waals surface area contributed by atoms with Crippen molar-refractivity contribution in [1.82, 2.24) is 0 Å². The van der Waals surface area contributed by atoms with Crippen LogP contribution in [0, 0.1) is 5.92 Å². The standard InChI is InChI=1S/C8H16NO2P/c9-5-12-7-3-1-6(2-4-7)8(10)11/h6-7,12H,1-5,9H2,(H,10,11). The van der Waals surface area contributed by atoms with Gasteiger partial charge < -0.3 is 10.8 Å². The minimum atomic E-state index is -0.621. The monoisotopic (exact) mass is 189 g/mol. The van der Waals surface area contributed by atoms with Crippen LogP contribution in [0.5, 0.6) is 0 Å². The predicted molar refractivity (Wildman–Crippen MR) is 50.8 cm³/mol. The second-order valence-corrected chi connectivity index (χ2v) is 4.93.